The van der Waals surface area contributed by atoms with E-state index in [4.69, 9.17) is 8.83 Å². The van der Waals surface area contributed by atoms with E-state index >= 15 is 0 Å². The Balaban J connectivity index is 1.85. The van der Waals surface area contributed by atoms with Gasteiger partial charge in [-0.05, 0) is 25.4 Å². The smallest absolute Gasteiger partial charge is 0.306 e. The van der Waals surface area contributed by atoms with Gasteiger partial charge in [-0.15, -0.1) is 20.4 Å². The van der Waals surface area contributed by atoms with E-state index < -0.39 is 11.9 Å². The zero-order valence-electron chi connectivity index (χ0n) is 12.2. The van der Waals surface area contributed by atoms with Crippen LogP contribution in [0.15, 0.2) is 19.3 Å². The first kappa shape index (κ1) is 16.8. The van der Waals surface area contributed by atoms with Crippen LogP contribution in [0, 0.1) is 5.92 Å². The van der Waals surface area contributed by atoms with Crippen LogP contribution in [-0.2, 0) is 17.6 Å². The molecule has 0 bridgehead atoms. The summed E-state index contributed by atoms with van der Waals surface area (Å²) >= 11 is 2.71. The Hall–Kier alpha value is -1.55. The summed E-state index contributed by atoms with van der Waals surface area (Å²) in [5.74, 6) is -0.459. The Morgan fingerprint density at radius 3 is 1.77 bits per heavy atom. The minimum absolute atomic E-state index is 0.425. The van der Waals surface area contributed by atoms with Crippen LogP contribution in [0.4, 0.5) is 0 Å². The molecule has 0 aliphatic rings. The van der Waals surface area contributed by atoms with Gasteiger partial charge >= 0.3 is 5.97 Å². The predicted molar refractivity (Wildman–Crippen MR) is 79.9 cm³/mol. The number of carbonyl (C=O) groups is 1. The number of hydrogen-bond donors (Lipinski definition) is 1. The highest BCUT2D eigenvalue weighted by molar-refractivity contribution is 7.98. The predicted octanol–water partition coefficient (Wildman–Crippen LogP) is 2.16. The van der Waals surface area contributed by atoms with Crippen molar-refractivity contribution in [2.75, 3.05) is 12.5 Å². The van der Waals surface area contributed by atoms with Crippen molar-refractivity contribution in [3.8, 4) is 0 Å². The molecule has 0 fully saturated rings. The summed E-state index contributed by atoms with van der Waals surface area (Å²) in [5, 5.41) is 25.7. The zero-order chi connectivity index (χ0) is 15.9. The molecule has 10 heteroatoms. The van der Waals surface area contributed by atoms with Crippen molar-refractivity contribution in [2.24, 2.45) is 5.92 Å². The Morgan fingerprint density at radius 2 is 1.45 bits per heavy atom. The molecule has 0 saturated heterocycles. The van der Waals surface area contributed by atoms with E-state index in [1.54, 1.807) is 0 Å². The number of thioether (sulfide) groups is 2. The molecule has 2 aromatic rings. The molecule has 0 saturated carbocycles. The van der Waals surface area contributed by atoms with Gasteiger partial charge in [0.25, 0.3) is 10.4 Å². The van der Waals surface area contributed by atoms with Gasteiger partial charge in [-0.25, -0.2) is 0 Å². The van der Waals surface area contributed by atoms with Gasteiger partial charge in [0.2, 0.25) is 11.8 Å². The molecule has 1 N–H and O–H groups in total. The van der Waals surface area contributed by atoms with Crippen LogP contribution in [0.1, 0.15) is 24.6 Å². The average Bonchev–Trinajstić information content (AvgIpc) is 3.15. The maximum Gasteiger partial charge on any atom is 0.306 e. The number of hydrogen-bond acceptors (Lipinski definition) is 9. The second-order valence-electron chi connectivity index (χ2n) is 4.44. The second-order valence-corrected chi connectivity index (χ2v) is 5.96. The van der Waals surface area contributed by atoms with E-state index in [1.165, 1.54) is 23.5 Å². The number of aliphatic carboxylic acids is 1. The van der Waals surface area contributed by atoms with E-state index in [2.05, 4.69) is 20.4 Å². The summed E-state index contributed by atoms with van der Waals surface area (Å²) in [6, 6.07) is 0. The standard InChI is InChI=1S/C12H16N4O4S2/c1-21-11-15-13-8(19-11)5-3-7(10(17)18)4-6-9-14-16-12(20-9)22-2/h7H,3-6H2,1-2H3,(H,17,18). The summed E-state index contributed by atoms with van der Waals surface area (Å²) in [7, 11) is 0. The summed E-state index contributed by atoms with van der Waals surface area (Å²) in [6.07, 6.45) is 5.40. The Bertz CT molecular complexity index is 570. The maximum atomic E-state index is 11.3. The van der Waals surface area contributed by atoms with Gasteiger partial charge < -0.3 is 13.9 Å². The van der Waals surface area contributed by atoms with Crippen LogP contribution < -0.4 is 0 Å². The molecule has 2 heterocycles. The molecule has 0 amide bonds. The summed E-state index contributed by atoms with van der Waals surface area (Å²) < 4.78 is 10.7. The third-order valence-electron chi connectivity index (χ3n) is 3.01. The van der Waals surface area contributed by atoms with Gasteiger partial charge in [-0.1, -0.05) is 23.5 Å². The Morgan fingerprint density at radius 1 is 1.00 bits per heavy atom. The van der Waals surface area contributed by atoms with Crippen molar-refractivity contribution < 1.29 is 18.7 Å². The Labute approximate surface area is 135 Å². The normalized spacial score (nSPS) is 11.2. The molecule has 0 atom stereocenters. The molecule has 0 unspecified atom stereocenters. The second kappa shape index (κ2) is 8.18. The lowest BCUT2D eigenvalue weighted by Crippen LogP contribution is -2.15. The minimum Gasteiger partial charge on any atom is -0.481 e. The molecule has 2 rings (SSSR count). The first-order chi connectivity index (χ1) is 10.6. The maximum absolute atomic E-state index is 11.3. The molecular weight excluding hydrogens is 328 g/mol. The molecule has 0 spiro atoms. The van der Waals surface area contributed by atoms with Crippen LogP contribution in [0.3, 0.4) is 0 Å². The van der Waals surface area contributed by atoms with Crippen LogP contribution in [0.25, 0.3) is 0 Å². The van der Waals surface area contributed by atoms with Crippen LogP contribution in [0.5, 0.6) is 0 Å². The highest BCUT2D eigenvalue weighted by Gasteiger charge is 2.20. The number of rotatable bonds is 9. The molecule has 0 aliphatic heterocycles. The number of aromatic nitrogens is 4. The highest BCUT2D eigenvalue weighted by atomic mass is 32.2. The van der Waals surface area contributed by atoms with Gasteiger partial charge in [-0.3, -0.25) is 4.79 Å². The van der Waals surface area contributed by atoms with Gasteiger partial charge in [-0.2, -0.15) is 0 Å². The monoisotopic (exact) mass is 344 g/mol. The molecule has 0 aliphatic carbocycles. The average molecular weight is 344 g/mol. The fourth-order valence-electron chi connectivity index (χ4n) is 1.83. The van der Waals surface area contributed by atoms with Crippen molar-refractivity contribution in [1.82, 2.24) is 20.4 Å². The number of carboxylic acids is 1. The van der Waals surface area contributed by atoms with E-state index in [0.717, 1.165) is 0 Å². The SMILES string of the molecule is CSc1nnc(CCC(CCc2nnc(SC)o2)C(=O)O)o1. The molecule has 2 aromatic heterocycles. The third kappa shape index (κ3) is 4.73. The van der Waals surface area contributed by atoms with E-state index in [9.17, 15) is 9.90 Å². The minimum atomic E-state index is -0.853. The highest BCUT2D eigenvalue weighted by Crippen LogP contribution is 2.19. The van der Waals surface area contributed by atoms with E-state index in [-0.39, 0.29) is 0 Å². The largest absolute Gasteiger partial charge is 0.481 e. The first-order valence-corrected chi connectivity index (χ1v) is 9.03. The van der Waals surface area contributed by atoms with Crippen molar-refractivity contribution in [2.45, 2.75) is 36.1 Å². The van der Waals surface area contributed by atoms with Crippen molar-refractivity contribution >= 4 is 29.5 Å². The lowest BCUT2D eigenvalue weighted by Gasteiger charge is -2.09. The quantitative estimate of drug-likeness (QED) is 0.678. The summed E-state index contributed by atoms with van der Waals surface area (Å²) in [5.41, 5.74) is 0. The molecule has 120 valence electrons. The molecule has 22 heavy (non-hydrogen) atoms. The first-order valence-electron chi connectivity index (χ1n) is 6.58. The van der Waals surface area contributed by atoms with E-state index in [1.807, 2.05) is 12.5 Å². The third-order valence-corrected chi connectivity index (χ3v) is 4.04. The number of aryl methyl sites for hydroxylation is 2. The van der Waals surface area contributed by atoms with Crippen molar-refractivity contribution in [3.05, 3.63) is 11.8 Å². The number of nitrogens with zero attached hydrogens (tertiary/aromatic N) is 4. The molecular formula is C12H16N4O4S2. The molecule has 0 radical (unpaired) electrons. The van der Waals surface area contributed by atoms with Crippen LogP contribution in [-0.4, -0.2) is 44.0 Å². The van der Waals surface area contributed by atoms with Crippen molar-refractivity contribution in [1.29, 1.82) is 0 Å². The van der Waals surface area contributed by atoms with Crippen LogP contribution >= 0.6 is 23.5 Å². The van der Waals surface area contributed by atoms with E-state index in [0.29, 0.717) is 47.9 Å². The molecule has 0 aromatic carbocycles. The topological polar surface area (TPSA) is 115 Å². The van der Waals surface area contributed by atoms with Crippen molar-refractivity contribution in [3.63, 3.8) is 0 Å². The van der Waals surface area contributed by atoms with Crippen LogP contribution in [0.2, 0.25) is 0 Å². The van der Waals surface area contributed by atoms with Gasteiger partial charge in [0, 0.05) is 12.8 Å². The lowest BCUT2D eigenvalue weighted by atomic mass is 9.98. The van der Waals surface area contributed by atoms with Gasteiger partial charge in [0.05, 0.1) is 5.92 Å². The Kier molecular flexibility index (Phi) is 6.25. The summed E-state index contributed by atoms with van der Waals surface area (Å²) in [6.45, 7) is 0. The van der Waals surface area contributed by atoms with Gasteiger partial charge in [0.1, 0.15) is 0 Å². The lowest BCUT2D eigenvalue weighted by molar-refractivity contribution is -0.142. The fourth-order valence-corrected chi connectivity index (χ4v) is 2.43. The molecule has 8 nitrogen and oxygen atoms in total. The van der Waals surface area contributed by atoms with Gasteiger partial charge in [0.15, 0.2) is 0 Å². The zero-order valence-corrected chi connectivity index (χ0v) is 13.8. The summed E-state index contributed by atoms with van der Waals surface area (Å²) in [4.78, 5) is 11.3. The number of carboxylic acid groups (broad SMARTS) is 1. The fraction of sp³-hybridized carbons (Fsp3) is 0.583.